The van der Waals surface area contributed by atoms with Crippen molar-refractivity contribution in [2.45, 2.75) is 44.7 Å². The molecule has 1 aliphatic rings. The third-order valence-corrected chi connectivity index (χ3v) is 4.97. The van der Waals surface area contributed by atoms with Gasteiger partial charge in [-0.05, 0) is 36.6 Å². The normalized spacial score (nSPS) is 17.2. The molecule has 0 radical (unpaired) electrons. The summed E-state index contributed by atoms with van der Waals surface area (Å²) in [6.45, 7) is 4.01. The second kappa shape index (κ2) is 6.98. The fourth-order valence-electron chi connectivity index (χ4n) is 2.48. The number of hydrogen-bond donors (Lipinski definition) is 2. The van der Waals surface area contributed by atoms with E-state index >= 15 is 0 Å². The number of halogens is 1. The molecule has 1 fully saturated rings. The summed E-state index contributed by atoms with van der Waals surface area (Å²) < 4.78 is 5.38. The van der Waals surface area contributed by atoms with Gasteiger partial charge in [0.05, 0.1) is 10.4 Å². The third-order valence-electron chi connectivity index (χ3n) is 4.10. The van der Waals surface area contributed by atoms with Crippen LogP contribution in [0.4, 0.5) is 0 Å². The van der Waals surface area contributed by atoms with Crippen LogP contribution in [-0.2, 0) is 5.54 Å². The predicted octanol–water partition coefficient (Wildman–Crippen LogP) is 3.02. The molecule has 2 heterocycles. The summed E-state index contributed by atoms with van der Waals surface area (Å²) in [4.78, 5) is 17.4. The zero-order chi connectivity index (χ0) is 15.7. The molecule has 6 nitrogen and oxygen atoms in total. The number of nitrogens with two attached hydrogens (primary N) is 1. The van der Waals surface area contributed by atoms with E-state index in [0.717, 1.165) is 19.3 Å². The first-order chi connectivity index (χ1) is 10.5. The van der Waals surface area contributed by atoms with Gasteiger partial charge in [0, 0.05) is 0 Å². The molecule has 1 atom stereocenters. The topological polar surface area (TPSA) is 94.0 Å². The molecule has 1 amide bonds. The largest absolute Gasteiger partial charge is 0.339 e. The SMILES string of the molecule is CC(C)C(NC(=O)c1cccs1)c1nc(C2(N)CCC2)no1.Cl. The van der Waals surface area contributed by atoms with Gasteiger partial charge in [-0.1, -0.05) is 25.1 Å². The van der Waals surface area contributed by atoms with Gasteiger partial charge < -0.3 is 15.6 Å². The van der Waals surface area contributed by atoms with Gasteiger partial charge in [0.2, 0.25) is 5.89 Å². The lowest BCUT2D eigenvalue weighted by molar-refractivity contribution is 0.0918. The minimum Gasteiger partial charge on any atom is -0.339 e. The maximum absolute atomic E-state index is 12.2. The number of nitrogens with zero attached hydrogens (tertiary/aromatic N) is 2. The van der Waals surface area contributed by atoms with Crippen LogP contribution in [0, 0.1) is 5.92 Å². The molecule has 0 aliphatic heterocycles. The van der Waals surface area contributed by atoms with E-state index in [-0.39, 0.29) is 30.3 Å². The van der Waals surface area contributed by atoms with E-state index in [0.29, 0.717) is 16.6 Å². The van der Waals surface area contributed by atoms with E-state index in [1.54, 1.807) is 6.07 Å². The van der Waals surface area contributed by atoms with Crippen molar-refractivity contribution in [3.05, 3.63) is 34.1 Å². The Balaban J connectivity index is 0.00000192. The molecule has 23 heavy (non-hydrogen) atoms. The van der Waals surface area contributed by atoms with Gasteiger partial charge in [0.15, 0.2) is 5.82 Å². The van der Waals surface area contributed by atoms with Crippen LogP contribution in [0.15, 0.2) is 22.0 Å². The maximum Gasteiger partial charge on any atom is 0.262 e. The van der Waals surface area contributed by atoms with E-state index in [2.05, 4.69) is 15.5 Å². The highest BCUT2D eigenvalue weighted by atomic mass is 35.5. The summed E-state index contributed by atoms with van der Waals surface area (Å²) in [6, 6.07) is 3.32. The summed E-state index contributed by atoms with van der Waals surface area (Å²) in [7, 11) is 0. The van der Waals surface area contributed by atoms with Crippen molar-refractivity contribution in [3.63, 3.8) is 0 Å². The van der Waals surface area contributed by atoms with Crippen LogP contribution in [0.1, 0.15) is 60.5 Å². The van der Waals surface area contributed by atoms with Crippen molar-refractivity contribution in [2.75, 3.05) is 0 Å². The molecule has 1 saturated carbocycles. The number of carbonyl (C=O) groups excluding carboxylic acids is 1. The lowest BCUT2D eigenvalue weighted by atomic mass is 9.77. The molecule has 3 rings (SSSR count). The van der Waals surface area contributed by atoms with Crippen LogP contribution >= 0.6 is 23.7 Å². The van der Waals surface area contributed by atoms with E-state index in [1.165, 1.54) is 11.3 Å². The van der Waals surface area contributed by atoms with Crippen LogP contribution in [0.25, 0.3) is 0 Å². The molecule has 0 aromatic carbocycles. The standard InChI is InChI=1S/C15H20N4O2S.ClH/c1-9(2)11(17-12(20)10-5-3-8-22-10)13-18-14(19-21-13)15(16)6-4-7-15;/h3,5,8-9,11H,4,6-7,16H2,1-2H3,(H,17,20);1H. The molecule has 126 valence electrons. The Labute approximate surface area is 145 Å². The molecule has 1 aliphatic carbocycles. The van der Waals surface area contributed by atoms with Crippen molar-refractivity contribution in [2.24, 2.45) is 11.7 Å². The molecule has 2 aromatic rings. The number of thiophene rings is 1. The predicted molar refractivity (Wildman–Crippen MR) is 90.6 cm³/mol. The summed E-state index contributed by atoms with van der Waals surface area (Å²) in [6.07, 6.45) is 2.84. The third kappa shape index (κ3) is 3.57. The van der Waals surface area contributed by atoms with E-state index < -0.39 is 5.54 Å². The van der Waals surface area contributed by atoms with Crippen LogP contribution in [0.2, 0.25) is 0 Å². The number of nitrogens with one attached hydrogen (secondary N) is 1. The first-order valence-corrected chi connectivity index (χ1v) is 8.35. The zero-order valence-corrected chi connectivity index (χ0v) is 14.7. The van der Waals surface area contributed by atoms with Crippen molar-refractivity contribution in [3.8, 4) is 0 Å². The highest BCUT2D eigenvalue weighted by Crippen LogP contribution is 2.37. The Morgan fingerprint density at radius 1 is 1.48 bits per heavy atom. The Hall–Kier alpha value is -1.44. The van der Waals surface area contributed by atoms with Gasteiger partial charge in [-0.15, -0.1) is 23.7 Å². The molecule has 0 bridgehead atoms. The lowest BCUT2D eigenvalue weighted by Gasteiger charge is -2.34. The number of hydrogen-bond acceptors (Lipinski definition) is 6. The highest BCUT2D eigenvalue weighted by Gasteiger charge is 2.40. The van der Waals surface area contributed by atoms with Crippen LogP contribution in [-0.4, -0.2) is 16.0 Å². The number of aromatic nitrogens is 2. The monoisotopic (exact) mass is 356 g/mol. The molecular weight excluding hydrogens is 336 g/mol. The first-order valence-electron chi connectivity index (χ1n) is 7.47. The van der Waals surface area contributed by atoms with Crippen molar-refractivity contribution in [1.82, 2.24) is 15.5 Å². The number of rotatable bonds is 5. The summed E-state index contributed by atoms with van der Waals surface area (Å²) in [5.74, 6) is 0.975. The van der Waals surface area contributed by atoms with E-state index in [4.69, 9.17) is 10.3 Å². The lowest BCUT2D eigenvalue weighted by Crippen LogP contribution is -2.44. The zero-order valence-electron chi connectivity index (χ0n) is 13.1. The second-order valence-corrected chi connectivity index (χ2v) is 7.09. The average molecular weight is 357 g/mol. The van der Waals surface area contributed by atoms with Crippen LogP contribution < -0.4 is 11.1 Å². The first kappa shape index (κ1) is 17.9. The van der Waals surface area contributed by atoms with E-state index in [1.807, 2.05) is 25.3 Å². The molecular formula is C15H21ClN4O2S. The van der Waals surface area contributed by atoms with Gasteiger partial charge in [-0.25, -0.2) is 0 Å². The van der Waals surface area contributed by atoms with Gasteiger partial charge in [0.25, 0.3) is 5.91 Å². The fourth-order valence-corrected chi connectivity index (χ4v) is 3.11. The number of carbonyl (C=O) groups is 1. The minimum atomic E-state index is -0.457. The van der Waals surface area contributed by atoms with E-state index in [9.17, 15) is 4.79 Å². The summed E-state index contributed by atoms with van der Waals surface area (Å²) >= 11 is 1.40. The van der Waals surface area contributed by atoms with Crippen LogP contribution in [0.3, 0.4) is 0 Å². The van der Waals surface area contributed by atoms with Crippen molar-refractivity contribution >= 4 is 29.7 Å². The molecule has 0 saturated heterocycles. The number of amides is 1. The molecule has 3 N–H and O–H groups in total. The average Bonchev–Trinajstić information content (AvgIpc) is 3.12. The smallest absolute Gasteiger partial charge is 0.262 e. The Morgan fingerprint density at radius 2 is 2.22 bits per heavy atom. The second-order valence-electron chi connectivity index (χ2n) is 6.14. The quantitative estimate of drug-likeness (QED) is 0.858. The molecule has 0 spiro atoms. The Kier molecular flexibility index (Phi) is 5.44. The minimum absolute atomic E-state index is 0. The molecule has 8 heteroatoms. The fraction of sp³-hybridized carbons (Fsp3) is 0.533. The van der Waals surface area contributed by atoms with Gasteiger partial charge in [0.1, 0.15) is 6.04 Å². The van der Waals surface area contributed by atoms with Crippen molar-refractivity contribution in [1.29, 1.82) is 0 Å². The summed E-state index contributed by atoms with van der Waals surface area (Å²) in [5.41, 5.74) is 5.76. The van der Waals surface area contributed by atoms with Crippen LogP contribution in [0.5, 0.6) is 0 Å². The van der Waals surface area contributed by atoms with Crippen molar-refractivity contribution < 1.29 is 9.32 Å². The van der Waals surface area contributed by atoms with Gasteiger partial charge in [-0.2, -0.15) is 4.98 Å². The van der Waals surface area contributed by atoms with Gasteiger partial charge in [-0.3, -0.25) is 4.79 Å². The summed E-state index contributed by atoms with van der Waals surface area (Å²) in [5, 5.41) is 8.87. The molecule has 1 unspecified atom stereocenters. The Bertz CT molecular complexity index is 652. The Morgan fingerprint density at radius 3 is 2.74 bits per heavy atom. The molecule has 2 aromatic heterocycles. The highest BCUT2D eigenvalue weighted by molar-refractivity contribution is 7.12. The maximum atomic E-state index is 12.2. The van der Waals surface area contributed by atoms with Gasteiger partial charge >= 0.3 is 0 Å².